The molecule has 1 heterocycles. The molecule has 0 aromatic heterocycles. The lowest BCUT2D eigenvalue weighted by Gasteiger charge is -2.34. The Hall–Kier alpha value is -0.130. The molecule has 1 saturated heterocycles. The summed E-state index contributed by atoms with van der Waals surface area (Å²) in [7, 11) is -3.13. The van der Waals surface area contributed by atoms with Crippen LogP contribution in [0.1, 0.15) is 58.8 Å². The molecule has 0 spiro atoms. The fraction of sp³-hybridized carbons (Fsp3) is 1.00. The van der Waals surface area contributed by atoms with Crippen molar-refractivity contribution in [3.05, 3.63) is 0 Å². The van der Waals surface area contributed by atoms with Crippen LogP contribution >= 0.6 is 0 Å². The summed E-state index contributed by atoms with van der Waals surface area (Å²) in [5.74, 6) is 0.554. The molecular weight excluding hydrogens is 272 g/mol. The number of nitrogens with one attached hydrogen (secondary N) is 1. The molecule has 4 nitrogen and oxygen atoms in total. The molecule has 5 heteroatoms. The van der Waals surface area contributed by atoms with Gasteiger partial charge in [-0.2, -0.15) is 4.31 Å². The van der Waals surface area contributed by atoms with E-state index in [4.69, 9.17) is 0 Å². The zero-order valence-electron chi connectivity index (χ0n) is 13.0. The highest BCUT2D eigenvalue weighted by atomic mass is 32.2. The smallest absolute Gasteiger partial charge is 0.218 e. The van der Waals surface area contributed by atoms with Crippen molar-refractivity contribution < 1.29 is 8.42 Å². The van der Waals surface area contributed by atoms with Crippen molar-refractivity contribution in [1.29, 1.82) is 0 Å². The monoisotopic (exact) mass is 302 g/mol. The number of nitrogens with zero attached hydrogens (tertiary/aromatic N) is 1. The first-order chi connectivity index (χ1) is 9.51. The third kappa shape index (κ3) is 3.95. The molecule has 0 aromatic rings. The van der Waals surface area contributed by atoms with Gasteiger partial charge in [0.05, 0.1) is 5.25 Å². The number of rotatable bonds is 6. The second-order valence-electron chi connectivity index (χ2n) is 6.74. The third-order valence-corrected chi connectivity index (χ3v) is 7.04. The SMILES string of the molecule is CC(C)CCN(C1CCCC1)S(=O)(=O)C1CCCNC1. The first-order valence-electron chi connectivity index (χ1n) is 8.23. The molecule has 1 aliphatic heterocycles. The fourth-order valence-corrected chi connectivity index (χ4v) is 5.52. The Morgan fingerprint density at radius 2 is 1.85 bits per heavy atom. The minimum absolute atomic E-state index is 0.205. The van der Waals surface area contributed by atoms with Crippen LogP contribution in [0.15, 0.2) is 0 Å². The van der Waals surface area contributed by atoms with E-state index in [0.29, 0.717) is 19.0 Å². The maximum absolute atomic E-state index is 13.0. The summed E-state index contributed by atoms with van der Waals surface area (Å²) in [5.41, 5.74) is 0. The lowest BCUT2D eigenvalue weighted by atomic mass is 10.1. The Labute approximate surface area is 124 Å². The fourth-order valence-electron chi connectivity index (χ4n) is 3.36. The molecule has 1 aliphatic carbocycles. The van der Waals surface area contributed by atoms with Crippen molar-refractivity contribution >= 4 is 10.0 Å². The van der Waals surface area contributed by atoms with Crippen LogP contribution in [0.5, 0.6) is 0 Å². The van der Waals surface area contributed by atoms with Crippen LogP contribution in [0.3, 0.4) is 0 Å². The topological polar surface area (TPSA) is 49.4 Å². The molecular formula is C15H30N2O2S. The average molecular weight is 302 g/mol. The molecule has 1 unspecified atom stereocenters. The van der Waals surface area contributed by atoms with Gasteiger partial charge in [-0.05, 0) is 44.6 Å². The van der Waals surface area contributed by atoms with E-state index in [1.165, 1.54) is 12.8 Å². The summed E-state index contributed by atoms with van der Waals surface area (Å²) in [6.45, 7) is 6.64. The number of piperidine rings is 1. The Morgan fingerprint density at radius 1 is 1.15 bits per heavy atom. The van der Waals surface area contributed by atoms with Gasteiger partial charge in [0, 0.05) is 19.1 Å². The van der Waals surface area contributed by atoms with Gasteiger partial charge in [0.2, 0.25) is 10.0 Å². The highest BCUT2D eigenvalue weighted by Crippen LogP contribution is 2.29. The summed E-state index contributed by atoms with van der Waals surface area (Å²) in [5, 5.41) is 3.04. The van der Waals surface area contributed by atoms with Gasteiger partial charge in [-0.3, -0.25) is 0 Å². The van der Waals surface area contributed by atoms with Crippen LogP contribution in [0.25, 0.3) is 0 Å². The van der Waals surface area contributed by atoms with Crippen LogP contribution in [0.4, 0.5) is 0 Å². The number of sulfonamides is 1. The minimum Gasteiger partial charge on any atom is -0.315 e. The van der Waals surface area contributed by atoms with Crippen LogP contribution in [0, 0.1) is 5.92 Å². The van der Waals surface area contributed by atoms with E-state index in [1.807, 2.05) is 4.31 Å². The van der Waals surface area contributed by atoms with Crippen molar-refractivity contribution in [2.75, 3.05) is 19.6 Å². The Balaban J connectivity index is 2.10. The summed E-state index contributed by atoms with van der Waals surface area (Å²) in [6.07, 6.45) is 7.24. The first kappa shape index (κ1) is 16.2. The van der Waals surface area contributed by atoms with Gasteiger partial charge in [-0.15, -0.1) is 0 Å². The van der Waals surface area contributed by atoms with Gasteiger partial charge in [-0.1, -0.05) is 26.7 Å². The van der Waals surface area contributed by atoms with Crippen LogP contribution in [-0.4, -0.2) is 43.6 Å². The molecule has 0 radical (unpaired) electrons. The highest BCUT2D eigenvalue weighted by Gasteiger charge is 2.37. The molecule has 1 atom stereocenters. The summed E-state index contributed by atoms with van der Waals surface area (Å²) in [4.78, 5) is 0. The molecule has 2 rings (SSSR count). The van der Waals surface area contributed by atoms with Gasteiger partial charge in [-0.25, -0.2) is 8.42 Å². The van der Waals surface area contributed by atoms with Gasteiger partial charge in [0.15, 0.2) is 0 Å². The van der Waals surface area contributed by atoms with E-state index in [9.17, 15) is 8.42 Å². The second-order valence-corrected chi connectivity index (χ2v) is 8.91. The third-order valence-electron chi connectivity index (χ3n) is 4.66. The maximum Gasteiger partial charge on any atom is 0.218 e. The number of hydrogen-bond acceptors (Lipinski definition) is 3. The molecule has 0 bridgehead atoms. The summed E-state index contributed by atoms with van der Waals surface area (Å²) < 4.78 is 27.8. The van der Waals surface area contributed by atoms with Gasteiger partial charge >= 0.3 is 0 Å². The van der Waals surface area contributed by atoms with E-state index >= 15 is 0 Å². The standard InChI is InChI=1S/C15H30N2O2S/c1-13(2)9-11-17(14-6-3-4-7-14)20(18,19)15-8-5-10-16-12-15/h13-16H,3-12H2,1-2H3. The maximum atomic E-state index is 13.0. The quantitative estimate of drug-likeness (QED) is 0.819. The molecule has 1 saturated carbocycles. The molecule has 2 fully saturated rings. The van der Waals surface area contributed by atoms with Crippen LogP contribution < -0.4 is 5.32 Å². The van der Waals surface area contributed by atoms with E-state index in [-0.39, 0.29) is 11.3 Å². The van der Waals surface area contributed by atoms with Gasteiger partial charge < -0.3 is 5.32 Å². The Bertz CT molecular complexity index is 383. The lowest BCUT2D eigenvalue weighted by Crippen LogP contribution is -2.49. The van der Waals surface area contributed by atoms with Crippen molar-refractivity contribution in [2.24, 2.45) is 5.92 Å². The van der Waals surface area contributed by atoms with Crippen molar-refractivity contribution in [3.8, 4) is 0 Å². The van der Waals surface area contributed by atoms with E-state index in [0.717, 1.165) is 38.6 Å². The zero-order chi connectivity index (χ0) is 14.6. The van der Waals surface area contributed by atoms with Gasteiger partial charge in [0.1, 0.15) is 0 Å². The van der Waals surface area contributed by atoms with Crippen molar-refractivity contribution in [2.45, 2.75) is 70.1 Å². The van der Waals surface area contributed by atoms with Crippen molar-refractivity contribution in [1.82, 2.24) is 9.62 Å². The second kappa shape index (κ2) is 7.23. The average Bonchev–Trinajstić information content (AvgIpc) is 2.93. The van der Waals surface area contributed by atoms with Crippen LogP contribution in [-0.2, 0) is 10.0 Å². The van der Waals surface area contributed by atoms with Crippen molar-refractivity contribution in [3.63, 3.8) is 0 Å². The van der Waals surface area contributed by atoms with Gasteiger partial charge in [0.25, 0.3) is 0 Å². The zero-order valence-corrected chi connectivity index (χ0v) is 13.8. The molecule has 0 aromatic carbocycles. The highest BCUT2D eigenvalue weighted by molar-refractivity contribution is 7.89. The normalized spacial score (nSPS) is 25.7. The van der Waals surface area contributed by atoms with E-state index in [1.54, 1.807) is 0 Å². The Kier molecular flexibility index (Phi) is 5.87. The molecule has 2 aliphatic rings. The summed E-state index contributed by atoms with van der Waals surface area (Å²) >= 11 is 0. The molecule has 20 heavy (non-hydrogen) atoms. The predicted molar refractivity (Wildman–Crippen MR) is 83.2 cm³/mol. The minimum atomic E-state index is -3.13. The molecule has 1 N–H and O–H groups in total. The number of hydrogen-bond donors (Lipinski definition) is 1. The summed E-state index contributed by atoms with van der Waals surface area (Å²) in [6, 6.07) is 0.265. The predicted octanol–water partition coefficient (Wildman–Crippen LogP) is 2.36. The first-order valence-corrected chi connectivity index (χ1v) is 9.73. The Morgan fingerprint density at radius 3 is 2.40 bits per heavy atom. The largest absolute Gasteiger partial charge is 0.315 e. The van der Waals surface area contributed by atoms with Crippen LogP contribution in [0.2, 0.25) is 0 Å². The molecule has 118 valence electrons. The molecule has 0 amide bonds. The van der Waals surface area contributed by atoms with E-state index in [2.05, 4.69) is 19.2 Å². The lowest BCUT2D eigenvalue weighted by molar-refractivity contribution is 0.297. The van der Waals surface area contributed by atoms with E-state index < -0.39 is 10.0 Å².